The minimum atomic E-state index is -0.277. The molecule has 1 fully saturated rings. The minimum absolute atomic E-state index is 0.277. The van der Waals surface area contributed by atoms with E-state index < -0.39 is 0 Å². The van der Waals surface area contributed by atoms with Crippen molar-refractivity contribution >= 4 is 17.5 Å². The highest BCUT2D eigenvalue weighted by Gasteiger charge is 2.16. The summed E-state index contributed by atoms with van der Waals surface area (Å²) in [6, 6.07) is 13.2. The minimum Gasteiger partial charge on any atom is -0.356 e. The topological polar surface area (TPSA) is 86.8 Å². The Balaban J connectivity index is 1.49. The lowest BCUT2D eigenvalue weighted by molar-refractivity contribution is 0.102. The zero-order valence-corrected chi connectivity index (χ0v) is 13.6. The van der Waals surface area contributed by atoms with E-state index in [1.807, 2.05) is 30.3 Å². The second-order valence-electron chi connectivity index (χ2n) is 5.94. The van der Waals surface area contributed by atoms with Crippen LogP contribution in [0.2, 0.25) is 0 Å². The number of H-pyrrole nitrogens is 1. The van der Waals surface area contributed by atoms with Crippen molar-refractivity contribution in [2.75, 3.05) is 23.3 Å². The Bertz CT molecular complexity index is 870. The molecule has 7 heteroatoms. The number of nitrogens with zero attached hydrogens (tertiary/aromatic N) is 4. The summed E-state index contributed by atoms with van der Waals surface area (Å²) in [4.78, 5) is 23.1. The molecule has 1 aromatic carbocycles. The molecule has 4 rings (SSSR count). The van der Waals surface area contributed by atoms with Crippen LogP contribution in [0.15, 0.2) is 48.8 Å². The molecule has 0 unspecified atom stereocenters. The maximum absolute atomic E-state index is 12.4. The average molecular weight is 334 g/mol. The highest BCUT2D eigenvalue weighted by atomic mass is 16.2. The summed E-state index contributed by atoms with van der Waals surface area (Å²) >= 11 is 0. The fraction of sp³-hybridized carbons (Fsp3) is 0.222. The molecule has 1 aliphatic rings. The molecule has 1 saturated heterocycles. The molecule has 3 aromatic rings. The first-order valence-corrected chi connectivity index (χ1v) is 8.29. The van der Waals surface area contributed by atoms with Crippen molar-refractivity contribution in [3.63, 3.8) is 0 Å². The zero-order valence-electron chi connectivity index (χ0n) is 13.6. The molecule has 2 aromatic heterocycles. The first kappa shape index (κ1) is 15.3. The van der Waals surface area contributed by atoms with Gasteiger partial charge in [-0.15, -0.1) is 0 Å². The Morgan fingerprint density at radius 1 is 1.08 bits per heavy atom. The summed E-state index contributed by atoms with van der Waals surface area (Å²) in [5.41, 5.74) is 2.07. The summed E-state index contributed by atoms with van der Waals surface area (Å²) in [6.45, 7) is 1.98. The van der Waals surface area contributed by atoms with Gasteiger partial charge < -0.3 is 10.2 Å². The van der Waals surface area contributed by atoms with Crippen molar-refractivity contribution in [3.05, 3.63) is 54.5 Å². The number of aromatic amines is 1. The van der Waals surface area contributed by atoms with Crippen LogP contribution in [0.1, 0.15) is 23.3 Å². The lowest BCUT2D eigenvalue weighted by Crippen LogP contribution is -2.20. The normalized spacial score (nSPS) is 13.8. The smallest absolute Gasteiger partial charge is 0.274 e. The molecule has 25 heavy (non-hydrogen) atoms. The molecular weight excluding hydrogens is 316 g/mol. The van der Waals surface area contributed by atoms with Gasteiger partial charge in [-0.25, -0.2) is 9.97 Å². The van der Waals surface area contributed by atoms with Crippen LogP contribution >= 0.6 is 0 Å². The number of rotatable bonds is 4. The first-order valence-electron chi connectivity index (χ1n) is 8.29. The number of carbonyl (C=O) groups is 1. The number of hydrogen-bond acceptors (Lipinski definition) is 5. The molecule has 1 aliphatic heterocycles. The molecule has 126 valence electrons. The van der Waals surface area contributed by atoms with Crippen LogP contribution in [0.4, 0.5) is 11.6 Å². The Kier molecular flexibility index (Phi) is 4.12. The first-order chi connectivity index (χ1) is 12.3. The van der Waals surface area contributed by atoms with E-state index >= 15 is 0 Å². The summed E-state index contributed by atoms with van der Waals surface area (Å²) in [5.74, 6) is 1.05. The van der Waals surface area contributed by atoms with Gasteiger partial charge in [0.25, 0.3) is 5.91 Å². The van der Waals surface area contributed by atoms with Gasteiger partial charge in [-0.3, -0.25) is 9.89 Å². The highest BCUT2D eigenvalue weighted by Crippen LogP contribution is 2.20. The number of aromatic nitrogens is 4. The summed E-state index contributed by atoms with van der Waals surface area (Å²) < 4.78 is 0. The van der Waals surface area contributed by atoms with E-state index in [0.29, 0.717) is 11.5 Å². The highest BCUT2D eigenvalue weighted by molar-refractivity contribution is 6.03. The second-order valence-corrected chi connectivity index (χ2v) is 5.94. The van der Waals surface area contributed by atoms with E-state index in [1.165, 1.54) is 19.2 Å². The summed E-state index contributed by atoms with van der Waals surface area (Å²) in [5, 5.41) is 9.78. The van der Waals surface area contributed by atoms with E-state index in [1.54, 1.807) is 12.1 Å². The quantitative estimate of drug-likeness (QED) is 0.766. The third kappa shape index (κ3) is 3.35. The Morgan fingerprint density at radius 2 is 1.88 bits per heavy atom. The fourth-order valence-corrected chi connectivity index (χ4v) is 2.91. The average Bonchev–Trinajstić information content (AvgIpc) is 3.35. The molecule has 3 heterocycles. The molecule has 0 bridgehead atoms. The molecule has 0 atom stereocenters. The van der Waals surface area contributed by atoms with Gasteiger partial charge in [-0.05, 0) is 18.9 Å². The van der Waals surface area contributed by atoms with Gasteiger partial charge in [0.2, 0.25) is 0 Å². The van der Waals surface area contributed by atoms with Gasteiger partial charge in [0.15, 0.2) is 0 Å². The SMILES string of the molecule is O=C(Nc1cc(N2CCCC2)ncn1)c1cc(-c2ccccc2)n[nH]1. The largest absolute Gasteiger partial charge is 0.356 e. The Hall–Kier alpha value is -3.22. The third-order valence-corrected chi connectivity index (χ3v) is 4.22. The summed E-state index contributed by atoms with van der Waals surface area (Å²) in [7, 11) is 0. The number of anilines is 2. The monoisotopic (exact) mass is 334 g/mol. The lowest BCUT2D eigenvalue weighted by atomic mass is 10.1. The molecule has 0 spiro atoms. The molecule has 0 radical (unpaired) electrons. The molecule has 0 aliphatic carbocycles. The molecular formula is C18H18N6O. The second kappa shape index (κ2) is 6.72. The number of nitrogens with one attached hydrogen (secondary N) is 2. The third-order valence-electron chi connectivity index (χ3n) is 4.22. The van der Waals surface area contributed by atoms with Crippen LogP contribution in [0.5, 0.6) is 0 Å². The van der Waals surface area contributed by atoms with Crippen molar-refractivity contribution in [2.45, 2.75) is 12.8 Å². The van der Waals surface area contributed by atoms with Crippen LogP contribution in [0.25, 0.3) is 11.3 Å². The van der Waals surface area contributed by atoms with Crippen molar-refractivity contribution in [1.82, 2.24) is 20.2 Å². The van der Waals surface area contributed by atoms with E-state index in [9.17, 15) is 4.79 Å². The van der Waals surface area contributed by atoms with Gasteiger partial charge in [-0.1, -0.05) is 30.3 Å². The van der Waals surface area contributed by atoms with Crippen molar-refractivity contribution in [3.8, 4) is 11.3 Å². The summed E-state index contributed by atoms with van der Waals surface area (Å²) in [6.07, 6.45) is 3.82. The lowest BCUT2D eigenvalue weighted by Gasteiger charge is -2.16. The van der Waals surface area contributed by atoms with Crippen molar-refractivity contribution in [2.24, 2.45) is 0 Å². The maximum Gasteiger partial charge on any atom is 0.274 e. The standard InChI is InChI=1S/C18H18N6O/c25-18(15-10-14(22-23-15)13-6-2-1-3-7-13)21-16-11-17(20-12-19-16)24-8-4-5-9-24/h1-3,6-7,10-12H,4-5,8-9H2,(H,22,23)(H,19,20,21,25). The fourth-order valence-electron chi connectivity index (χ4n) is 2.91. The Labute approximate surface area is 145 Å². The van der Waals surface area contributed by atoms with Gasteiger partial charge in [0, 0.05) is 24.7 Å². The number of benzene rings is 1. The van der Waals surface area contributed by atoms with Gasteiger partial charge in [0.05, 0.1) is 5.69 Å². The number of hydrogen-bond donors (Lipinski definition) is 2. The van der Waals surface area contributed by atoms with E-state index in [0.717, 1.165) is 30.2 Å². The van der Waals surface area contributed by atoms with Crippen LogP contribution in [-0.4, -0.2) is 39.2 Å². The predicted octanol–water partition coefficient (Wildman–Crippen LogP) is 2.72. The molecule has 1 amide bonds. The van der Waals surface area contributed by atoms with Gasteiger partial charge >= 0.3 is 0 Å². The van der Waals surface area contributed by atoms with E-state index in [-0.39, 0.29) is 5.91 Å². The number of amides is 1. The van der Waals surface area contributed by atoms with Gasteiger partial charge in [0.1, 0.15) is 23.7 Å². The van der Waals surface area contributed by atoms with Crippen LogP contribution < -0.4 is 10.2 Å². The molecule has 0 saturated carbocycles. The van der Waals surface area contributed by atoms with Crippen molar-refractivity contribution in [1.29, 1.82) is 0 Å². The molecule has 2 N–H and O–H groups in total. The number of carbonyl (C=O) groups excluding carboxylic acids is 1. The Morgan fingerprint density at radius 3 is 2.68 bits per heavy atom. The zero-order chi connectivity index (χ0) is 17.1. The van der Waals surface area contributed by atoms with Crippen molar-refractivity contribution < 1.29 is 4.79 Å². The van der Waals surface area contributed by atoms with Crippen LogP contribution in [-0.2, 0) is 0 Å². The van der Waals surface area contributed by atoms with Gasteiger partial charge in [-0.2, -0.15) is 5.10 Å². The van der Waals surface area contributed by atoms with Crippen LogP contribution in [0, 0.1) is 0 Å². The maximum atomic E-state index is 12.4. The van der Waals surface area contributed by atoms with E-state index in [2.05, 4.69) is 30.4 Å². The van der Waals surface area contributed by atoms with E-state index in [4.69, 9.17) is 0 Å². The van der Waals surface area contributed by atoms with Crippen LogP contribution in [0.3, 0.4) is 0 Å². The molecule has 7 nitrogen and oxygen atoms in total. The predicted molar refractivity (Wildman–Crippen MR) is 95.5 cm³/mol.